The Hall–Kier alpha value is 0.360. The Labute approximate surface area is 56.0 Å². The number of rotatable bonds is 1. The SMILES string of the molecule is O=C(O)C(F)(Br)Br. The van der Waals surface area contributed by atoms with E-state index in [2.05, 4.69) is 31.9 Å². The molecule has 0 spiro atoms. The van der Waals surface area contributed by atoms with Crippen LogP contribution in [0.5, 0.6) is 0 Å². The van der Waals surface area contributed by atoms with E-state index in [4.69, 9.17) is 5.11 Å². The molecule has 7 heavy (non-hydrogen) atoms. The second-order valence-electron chi connectivity index (χ2n) is 0.803. The summed E-state index contributed by atoms with van der Waals surface area (Å²) in [5.74, 6) is -1.59. The van der Waals surface area contributed by atoms with E-state index in [0.29, 0.717) is 0 Å². The molecule has 0 radical (unpaired) electrons. The largest absolute Gasteiger partial charge is 0.478 e. The van der Waals surface area contributed by atoms with Gasteiger partial charge in [-0.1, -0.05) is 0 Å². The van der Waals surface area contributed by atoms with E-state index in [9.17, 15) is 9.18 Å². The van der Waals surface area contributed by atoms with Gasteiger partial charge in [-0.25, -0.2) is 9.18 Å². The topological polar surface area (TPSA) is 37.3 Å². The standard InChI is InChI=1S/C2HBr2FO2/c3-2(4,5)1(6)7/h(H,6,7). The number of alkyl halides is 3. The van der Waals surface area contributed by atoms with Crippen molar-refractivity contribution in [2.24, 2.45) is 0 Å². The van der Waals surface area contributed by atoms with E-state index in [1.165, 1.54) is 0 Å². The lowest BCUT2D eigenvalue weighted by Crippen LogP contribution is -2.16. The molecule has 0 aromatic carbocycles. The van der Waals surface area contributed by atoms with Crippen LogP contribution in [0.15, 0.2) is 0 Å². The average Bonchev–Trinajstić information content (AvgIpc) is 1.31. The minimum absolute atomic E-state index is 1.59. The van der Waals surface area contributed by atoms with E-state index in [0.717, 1.165) is 0 Å². The Morgan fingerprint density at radius 3 is 1.86 bits per heavy atom. The smallest absolute Gasteiger partial charge is 0.364 e. The highest BCUT2D eigenvalue weighted by Crippen LogP contribution is 2.27. The van der Waals surface area contributed by atoms with Crippen molar-refractivity contribution in [2.45, 2.75) is 3.49 Å². The van der Waals surface area contributed by atoms with Crippen molar-refractivity contribution in [1.29, 1.82) is 0 Å². The minimum Gasteiger partial charge on any atom is -0.478 e. The second-order valence-corrected chi connectivity index (χ2v) is 4.05. The van der Waals surface area contributed by atoms with Crippen LogP contribution in [0.4, 0.5) is 4.39 Å². The number of hydrogen-bond acceptors (Lipinski definition) is 1. The first kappa shape index (κ1) is 7.36. The minimum atomic E-state index is -2.46. The third kappa shape index (κ3) is 2.99. The van der Waals surface area contributed by atoms with Gasteiger partial charge in [-0.3, -0.25) is 0 Å². The molecule has 0 aliphatic heterocycles. The first-order valence-corrected chi connectivity index (χ1v) is 2.83. The fourth-order valence-corrected chi connectivity index (χ4v) is 0. The van der Waals surface area contributed by atoms with Crippen molar-refractivity contribution in [2.75, 3.05) is 0 Å². The van der Waals surface area contributed by atoms with Gasteiger partial charge >= 0.3 is 9.46 Å². The van der Waals surface area contributed by atoms with Gasteiger partial charge < -0.3 is 5.11 Å². The Morgan fingerprint density at radius 2 is 1.86 bits per heavy atom. The van der Waals surface area contributed by atoms with Gasteiger partial charge in [0.05, 0.1) is 0 Å². The molecule has 0 rings (SSSR count). The second kappa shape index (κ2) is 2.09. The molecular formula is C2HBr2FO2. The van der Waals surface area contributed by atoms with Gasteiger partial charge in [0, 0.05) is 0 Å². The lowest BCUT2D eigenvalue weighted by molar-refractivity contribution is -0.140. The Balaban J connectivity index is 3.79. The van der Waals surface area contributed by atoms with Crippen molar-refractivity contribution < 1.29 is 14.3 Å². The molecule has 0 fully saturated rings. The van der Waals surface area contributed by atoms with Gasteiger partial charge in [0.25, 0.3) is 0 Å². The van der Waals surface area contributed by atoms with E-state index < -0.39 is 9.46 Å². The Bertz CT molecular complexity index is 86.2. The fraction of sp³-hybridized carbons (Fsp3) is 0.500. The predicted octanol–water partition coefficient (Wildman–Crippen LogP) is 1.48. The molecule has 0 aliphatic carbocycles. The van der Waals surface area contributed by atoms with Crippen molar-refractivity contribution in [1.82, 2.24) is 0 Å². The molecule has 0 atom stereocenters. The summed E-state index contributed by atoms with van der Waals surface area (Å²) >= 11 is 4.39. The van der Waals surface area contributed by atoms with Crippen LogP contribution in [0.25, 0.3) is 0 Å². The molecule has 0 unspecified atom stereocenters. The van der Waals surface area contributed by atoms with Crippen LogP contribution in [0, 0.1) is 0 Å². The number of halogens is 3. The number of aliphatic carboxylic acids is 1. The summed E-state index contributed by atoms with van der Waals surface area (Å²) < 4.78 is 9.29. The molecule has 42 valence electrons. The molecule has 0 bridgehead atoms. The van der Waals surface area contributed by atoms with Crippen LogP contribution in [0.2, 0.25) is 0 Å². The zero-order valence-electron chi connectivity index (χ0n) is 2.99. The molecule has 0 amide bonds. The normalized spacial score (nSPS) is 11.3. The highest BCUT2D eigenvalue weighted by Gasteiger charge is 2.30. The maximum Gasteiger partial charge on any atom is 0.364 e. The third-order valence-corrected chi connectivity index (χ3v) is 0.921. The summed E-state index contributed by atoms with van der Waals surface area (Å²) in [6.45, 7) is 0. The highest BCUT2D eigenvalue weighted by molar-refractivity contribution is 9.25. The number of carboxylic acids is 1. The lowest BCUT2D eigenvalue weighted by Gasteiger charge is -1.98. The number of carboxylic acid groups (broad SMARTS) is 1. The van der Waals surface area contributed by atoms with Gasteiger partial charge in [-0.2, -0.15) is 0 Å². The maximum atomic E-state index is 11.7. The van der Waals surface area contributed by atoms with E-state index in [-0.39, 0.29) is 0 Å². The van der Waals surface area contributed by atoms with Crippen molar-refractivity contribution in [3.8, 4) is 0 Å². The molecule has 0 aromatic heterocycles. The first-order chi connectivity index (χ1) is 2.94. The zero-order chi connectivity index (χ0) is 6.08. The van der Waals surface area contributed by atoms with Gasteiger partial charge in [0.15, 0.2) is 0 Å². The van der Waals surface area contributed by atoms with Gasteiger partial charge in [-0.05, 0) is 31.9 Å². The summed E-state index contributed by atoms with van der Waals surface area (Å²) in [6, 6.07) is 0. The predicted molar refractivity (Wildman–Crippen MR) is 29.3 cm³/mol. The molecule has 1 N–H and O–H groups in total. The van der Waals surface area contributed by atoms with Crippen molar-refractivity contribution in [3.63, 3.8) is 0 Å². The summed E-state index contributed by atoms with van der Waals surface area (Å²) in [6.07, 6.45) is 0. The zero-order valence-corrected chi connectivity index (χ0v) is 6.16. The molecule has 0 saturated carbocycles. The molecule has 0 aromatic rings. The van der Waals surface area contributed by atoms with Crippen molar-refractivity contribution in [3.05, 3.63) is 0 Å². The average molecular weight is 236 g/mol. The van der Waals surface area contributed by atoms with Crippen LogP contribution in [-0.2, 0) is 4.79 Å². The fourth-order valence-electron chi connectivity index (χ4n) is 0. The summed E-state index contributed by atoms with van der Waals surface area (Å²) in [5.41, 5.74) is 0. The molecular weight excluding hydrogens is 235 g/mol. The number of carbonyl (C=O) groups is 1. The quantitative estimate of drug-likeness (QED) is 0.700. The highest BCUT2D eigenvalue weighted by atomic mass is 79.9. The van der Waals surface area contributed by atoms with Gasteiger partial charge in [-0.15, -0.1) is 0 Å². The summed E-state index contributed by atoms with van der Waals surface area (Å²) in [5, 5.41) is 7.78. The van der Waals surface area contributed by atoms with Crippen molar-refractivity contribution >= 4 is 37.8 Å². The molecule has 2 nitrogen and oxygen atoms in total. The lowest BCUT2D eigenvalue weighted by atomic mass is 10.8. The Morgan fingerprint density at radius 1 is 1.71 bits per heavy atom. The first-order valence-electron chi connectivity index (χ1n) is 1.24. The maximum absolute atomic E-state index is 11.7. The molecule has 0 aliphatic rings. The van der Waals surface area contributed by atoms with Gasteiger partial charge in [0.2, 0.25) is 0 Å². The number of hydrogen-bond donors (Lipinski definition) is 1. The Kier molecular flexibility index (Phi) is 2.19. The van der Waals surface area contributed by atoms with E-state index in [1.807, 2.05) is 0 Å². The van der Waals surface area contributed by atoms with Gasteiger partial charge in [0.1, 0.15) is 0 Å². The van der Waals surface area contributed by atoms with Crippen LogP contribution < -0.4 is 0 Å². The summed E-state index contributed by atoms with van der Waals surface area (Å²) in [4.78, 5) is 9.55. The van der Waals surface area contributed by atoms with Crippen LogP contribution in [0.1, 0.15) is 0 Å². The van der Waals surface area contributed by atoms with E-state index in [1.54, 1.807) is 0 Å². The molecule has 0 heterocycles. The van der Waals surface area contributed by atoms with Crippen LogP contribution in [0.3, 0.4) is 0 Å². The van der Waals surface area contributed by atoms with Crippen LogP contribution in [-0.4, -0.2) is 14.6 Å². The van der Waals surface area contributed by atoms with Crippen LogP contribution >= 0.6 is 31.9 Å². The molecule has 5 heteroatoms. The summed E-state index contributed by atoms with van der Waals surface area (Å²) in [7, 11) is 0. The third-order valence-electron chi connectivity index (χ3n) is 0.243. The van der Waals surface area contributed by atoms with E-state index >= 15 is 0 Å². The molecule has 0 saturated heterocycles. The monoisotopic (exact) mass is 234 g/mol.